The van der Waals surface area contributed by atoms with E-state index in [1.54, 1.807) is 54.6 Å². The van der Waals surface area contributed by atoms with Crippen molar-refractivity contribution in [2.45, 2.75) is 19.8 Å². The smallest absolute Gasteiger partial charge is 0.257 e. The number of benzene rings is 3. The van der Waals surface area contributed by atoms with E-state index in [-0.39, 0.29) is 16.9 Å². The summed E-state index contributed by atoms with van der Waals surface area (Å²) in [6, 6.07) is 23.0. The van der Waals surface area contributed by atoms with Gasteiger partial charge in [-0.3, -0.25) is 14.9 Å². The Labute approximate surface area is 193 Å². The summed E-state index contributed by atoms with van der Waals surface area (Å²) in [5.41, 5.74) is 2.00. The lowest BCUT2D eigenvalue weighted by molar-refractivity contribution is 0.0976. The molecule has 2 amide bonds. The molecule has 32 heavy (non-hydrogen) atoms. The Bertz CT molecular complexity index is 1090. The number of para-hydroxylation sites is 2. The lowest BCUT2D eigenvalue weighted by atomic mass is 10.1. The standard InChI is InChI=1S/C25H25N3O3S/c1-2-3-16-31-20-13-9-10-18(17-20)23(29)28-25(32)27-22-15-8-7-14-21(22)24(30)26-19-11-5-4-6-12-19/h4-15,17H,2-3,16H2,1H3,(H,26,30)(H2,27,28,29,32). The molecule has 0 heterocycles. The molecule has 3 rings (SSSR count). The molecule has 0 aromatic heterocycles. The van der Waals surface area contributed by atoms with Crippen LogP contribution >= 0.6 is 12.2 Å². The van der Waals surface area contributed by atoms with E-state index in [0.717, 1.165) is 12.8 Å². The second kappa shape index (κ2) is 11.6. The van der Waals surface area contributed by atoms with Gasteiger partial charge in [0.15, 0.2) is 5.11 Å². The SMILES string of the molecule is CCCCOc1cccc(C(=O)NC(=S)Nc2ccccc2C(=O)Nc2ccccc2)c1. The number of hydrogen-bond acceptors (Lipinski definition) is 4. The van der Waals surface area contributed by atoms with Crippen LogP contribution in [0.2, 0.25) is 0 Å². The molecule has 0 aliphatic rings. The van der Waals surface area contributed by atoms with Gasteiger partial charge in [-0.25, -0.2) is 0 Å². The first-order valence-electron chi connectivity index (χ1n) is 10.4. The average molecular weight is 448 g/mol. The van der Waals surface area contributed by atoms with Crippen molar-refractivity contribution in [1.82, 2.24) is 5.32 Å². The van der Waals surface area contributed by atoms with Crippen LogP contribution in [0.5, 0.6) is 5.75 Å². The van der Waals surface area contributed by atoms with Crippen molar-refractivity contribution in [3.63, 3.8) is 0 Å². The topological polar surface area (TPSA) is 79.5 Å². The zero-order valence-electron chi connectivity index (χ0n) is 17.8. The van der Waals surface area contributed by atoms with Crippen LogP contribution in [0.15, 0.2) is 78.9 Å². The molecule has 0 unspecified atom stereocenters. The number of thiocarbonyl (C=S) groups is 1. The Balaban J connectivity index is 1.63. The van der Waals surface area contributed by atoms with E-state index < -0.39 is 0 Å². The molecular formula is C25H25N3O3S. The molecule has 0 aliphatic carbocycles. The highest BCUT2D eigenvalue weighted by molar-refractivity contribution is 7.80. The van der Waals surface area contributed by atoms with Gasteiger partial charge in [0.05, 0.1) is 17.9 Å². The Hall–Kier alpha value is -3.71. The molecule has 0 atom stereocenters. The molecule has 0 radical (unpaired) electrons. The summed E-state index contributed by atoms with van der Waals surface area (Å²) in [5, 5.41) is 8.52. The van der Waals surface area contributed by atoms with Gasteiger partial charge < -0.3 is 15.4 Å². The minimum Gasteiger partial charge on any atom is -0.494 e. The molecule has 7 heteroatoms. The summed E-state index contributed by atoms with van der Waals surface area (Å²) in [5.74, 6) is -0.0204. The van der Waals surface area contributed by atoms with Gasteiger partial charge >= 0.3 is 0 Å². The van der Waals surface area contributed by atoms with Crippen LogP contribution in [0.3, 0.4) is 0 Å². The summed E-state index contributed by atoms with van der Waals surface area (Å²) in [4.78, 5) is 25.3. The van der Waals surface area contributed by atoms with E-state index >= 15 is 0 Å². The van der Waals surface area contributed by atoms with E-state index in [1.807, 2.05) is 24.3 Å². The highest BCUT2D eigenvalue weighted by Gasteiger charge is 2.14. The maximum atomic E-state index is 12.7. The summed E-state index contributed by atoms with van der Waals surface area (Å²) in [7, 11) is 0. The second-order valence-corrected chi connectivity index (χ2v) is 7.41. The summed E-state index contributed by atoms with van der Waals surface area (Å²) in [6.07, 6.45) is 1.98. The first-order chi connectivity index (χ1) is 15.6. The third-order valence-electron chi connectivity index (χ3n) is 4.54. The van der Waals surface area contributed by atoms with Crippen molar-refractivity contribution < 1.29 is 14.3 Å². The van der Waals surface area contributed by atoms with Gasteiger partial charge in [0.2, 0.25) is 0 Å². The number of unbranched alkanes of at least 4 members (excludes halogenated alkanes) is 1. The summed E-state index contributed by atoms with van der Waals surface area (Å²) in [6.45, 7) is 2.69. The number of amides is 2. The lowest BCUT2D eigenvalue weighted by Crippen LogP contribution is -2.34. The Morgan fingerprint density at radius 2 is 1.62 bits per heavy atom. The van der Waals surface area contributed by atoms with Crippen LogP contribution in [0.4, 0.5) is 11.4 Å². The van der Waals surface area contributed by atoms with Crippen molar-refractivity contribution in [3.8, 4) is 5.75 Å². The van der Waals surface area contributed by atoms with Gasteiger partial charge in [-0.15, -0.1) is 0 Å². The minimum atomic E-state index is -0.366. The van der Waals surface area contributed by atoms with Crippen molar-refractivity contribution >= 4 is 40.5 Å². The maximum absolute atomic E-state index is 12.7. The Morgan fingerprint density at radius 3 is 2.41 bits per heavy atom. The number of rotatable bonds is 8. The molecule has 0 aliphatic heterocycles. The number of hydrogen-bond donors (Lipinski definition) is 3. The van der Waals surface area contributed by atoms with Gasteiger partial charge in [-0.2, -0.15) is 0 Å². The lowest BCUT2D eigenvalue weighted by Gasteiger charge is -2.14. The van der Waals surface area contributed by atoms with Crippen molar-refractivity contribution in [3.05, 3.63) is 90.0 Å². The molecule has 0 fully saturated rings. The zero-order valence-corrected chi connectivity index (χ0v) is 18.6. The normalized spacial score (nSPS) is 10.2. The van der Waals surface area contributed by atoms with Crippen molar-refractivity contribution in [1.29, 1.82) is 0 Å². The third kappa shape index (κ3) is 6.65. The van der Waals surface area contributed by atoms with E-state index in [9.17, 15) is 9.59 Å². The maximum Gasteiger partial charge on any atom is 0.257 e. The molecule has 0 saturated carbocycles. The van der Waals surface area contributed by atoms with Crippen LogP contribution in [0, 0.1) is 0 Å². The highest BCUT2D eigenvalue weighted by Crippen LogP contribution is 2.18. The van der Waals surface area contributed by atoms with Gasteiger partial charge in [0.1, 0.15) is 5.75 Å². The molecule has 3 aromatic rings. The third-order valence-corrected chi connectivity index (χ3v) is 4.75. The van der Waals surface area contributed by atoms with Crippen LogP contribution in [-0.4, -0.2) is 23.5 Å². The average Bonchev–Trinajstić information content (AvgIpc) is 2.80. The number of anilines is 2. The minimum absolute atomic E-state index is 0.0901. The van der Waals surface area contributed by atoms with Crippen LogP contribution < -0.4 is 20.7 Å². The number of carbonyl (C=O) groups is 2. The molecular weight excluding hydrogens is 422 g/mol. The van der Waals surface area contributed by atoms with Gasteiger partial charge in [-0.1, -0.05) is 49.7 Å². The van der Waals surface area contributed by atoms with Crippen LogP contribution in [0.1, 0.15) is 40.5 Å². The second-order valence-electron chi connectivity index (χ2n) is 7.00. The molecule has 3 N–H and O–H groups in total. The van der Waals surface area contributed by atoms with E-state index in [2.05, 4.69) is 22.9 Å². The predicted octanol–water partition coefficient (Wildman–Crippen LogP) is 5.24. The fourth-order valence-electron chi connectivity index (χ4n) is 2.90. The first-order valence-corrected chi connectivity index (χ1v) is 10.8. The van der Waals surface area contributed by atoms with Crippen LogP contribution in [-0.2, 0) is 0 Å². The number of nitrogens with one attached hydrogen (secondary N) is 3. The Morgan fingerprint density at radius 1 is 0.875 bits per heavy atom. The zero-order chi connectivity index (χ0) is 22.8. The summed E-state index contributed by atoms with van der Waals surface area (Å²) < 4.78 is 5.66. The molecule has 0 bridgehead atoms. The van der Waals surface area contributed by atoms with E-state index in [1.165, 1.54) is 0 Å². The summed E-state index contributed by atoms with van der Waals surface area (Å²) >= 11 is 5.30. The Kier molecular flexibility index (Phi) is 8.34. The van der Waals surface area contributed by atoms with Gasteiger partial charge in [0.25, 0.3) is 11.8 Å². The molecule has 3 aromatic carbocycles. The van der Waals surface area contributed by atoms with E-state index in [0.29, 0.717) is 34.9 Å². The largest absolute Gasteiger partial charge is 0.494 e. The quantitative estimate of drug-likeness (QED) is 0.325. The monoisotopic (exact) mass is 447 g/mol. The van der Waals surface area contributed by atoms with Crippen molar-refractivity contribution in [2.75, 3.05) is 17.2 Å². The number of carbonyl (C=O) groups excluding carboxylic acids is 2. The molecule has 6 nitrogen and oxygen atoms in total. The van der Waals surface area contributed by atoms with E-state index in [4.69, 9.17) is 17.0 Å². The van der Waals surface area contributed by atoms with Gasteiger partial charge in [0, 0.05) is 11.3 Å². The fourth-order valence-corrected chi connectivity index (χ4v) is 3.10. The molecule has 0 spiro atoms. The number of ether oxygens (including phenoxy) is 1. The first kappa shape index (κ1) is 23.0. The highest BCUT2D eigenvalue weighted by atomic mass is 32.1. The predicted molar refractivity (Wildman–Crippen MR) is 131 cm³/mol. The van der Waals surface area contributed by atoms with Gasteiger partial charge in [-0.05, 0) is 61.1 Å². The molecule has 164 valence electrons. The van der Waals surface area contributed by atoms with Crippen LogP contribution in [0.25, 0.3) is 0 Å². The van der Waals surface area contributed by atoms with Crippen molar-refractivity contribution in [2.24, 2.45) is 0 Å². The molecule has 0 saturated heterocycles. The fraction of sp³-hybridized carbons (Fsp3) is 0.160.